The highest BCUT2D eigenvalue weighted by molar-refractivity contribution is 6.32. The van der Waals surface area contributed by atoms with Gasteiger partial charge in [0.25, 0.3) is 0 Å². The Bertz CT molecular complexity index is 496. The van der Waals surface area contributed by atoms with Crippen LogP contribution in [-0.4, -0.2) is 16.9 Å². The molecule has 1 aromatic heterocycles. The van der Waals surface area contributed by atoms with Crippen molar-refractivity contribution >= 4 is 11.6 Å². The van der Waals surface area contributed by atoms with E-state index in [1.54, 1.807) is 17.9 Å². The van der Waals surface area contributed by atoms with Crippen LogP contribution in [0, 0.1) is 0 Å². The Kier molecular flexibility index (Phi) is 3.12. The molecule has 0 aliphatic carbocycles. The van der Waals surface area contributed by atoms with E-state index in [2.05, 4.69) is 5.10 Å². The summed E-state index contributed by atoms with van der Waals surface area (Å²) in [6, 6.07) is 9.26. The molecule has 0 amide bonds. The number of nitrogens with two attached hydrogens (primary N) is 1. The number of aromatic nitrogens is 2. The van der Waals surface area contributed by atoms with E-state index in [0.29, 0.717) is 17.4 Å². The molecule has 0 aliphatic heterocycles. The molecule has 16 heavy (non-hydrogen) atoms. The summed E-state index contributed by atoms with van der Waals surface area (Å²) in [5.74, 6) is 0.528. The quantitative estimate of drug-likeness (QED) is 0.888. The summed E-state index contributed by atoms with van der Waals surface area (Å²) in [4.78, 5) is 0. The van der Waals surface area contributed by atoms with E-state index < -0.39 is 0 Å². The van der Waals surface area contributed by atoms with E-state index in [0.717, 1.165) is 11.4 Å². The van der Waals surface area contributed by atoms with Gasteiger partial charge < -0.3 is 10.5 Å². The lowest BCUT2D eigenvalue weighted by Gasteiger charge is -2.06. The minimum Gasteiger partial charge on any atom is -0.480 e. The molecule has 0 radical (unpaired) electrons. The first-order valence-corrected chi connectivity index (χ1v) is 5.22. The molecule has 0 bridgehead atoms. The average molecular weight is 238 g/mol. The topological polar surface area (TPSA) is 53.1 Å². The van der Waals surface area contributed by atoms with Gasteiger partial charge >= 0.3 is 0 Å². The highest BCUT2D eigenvalue weighted by atomic mass is 35.5. The summed E-state index contributed by atoms with van der Waals surface area (Å²) >= 11 is 6.10. The molecule has 0 saturated carbocycles. The number of nitrogens with zero attached hydrogens (tertiary/aromatic N) is 2. The average Bonchev–Trinajstić information content (AvgIpc) is 2.72. The van der Waals surface area contributed by atoms with E-state index in [1.807, 2.05) is 24.3 Å². The maximum Gasteiger partial charge on any atom is 0.233 e. The Labute approximate surface area is 98.6 Å². The van der Waals surface area contributed by atoms with E-state index in [4.69, 9.17) is 22.1 Å². The zero-order valence-electron chi connectivity index (χ0n) is 8.85. The molecule has 0 spiro atoms. The fourth-order valence-corrected chi connectivity index (χ4v) is 1.69. The lowest BCUT2D eigenvalue weighted by atomic mass is 10.3. The summed E-state index contributed by atoms with van der Waals surface area (Å²) in [5.41, 5.74) is 7.30. The smallest absolute Gasteiger partial charge is 0.233 e. The van der Waals surface area contributed by atoms with Crippen LogP contribution in [-0.2, 0) is 6.54 Å². The van der Waals surface area contributed by atoms with Crippen molar-refractivity contribution in [3.8, 4) is 11.6 Å². The largest absolute Gasteiger partial charge is 0.480 e. The molecule has 2 N–H and O–H groups in total. The third-order valence-corrected chi connectivity index (χ3v) is 2.58. The van der Waals surface area contributed by atoms with Crippen molar-refractivity contribution in [2.24, 2.45) is 5.73 Å². The van der Waals surface area contributed by atoms with Crippen molar-refractivity contribution in [1.29, 1.82) is 0 Å². The molecule has 84 valence electrons. The Balaban J connectivity index is 2.54. The van der Waals surface area contributed by atoms with Crippen molar-refractivity contribution in [1.82, 2.24) is 9.78 Å². The SMILES string of the molecule is COc1cc(CN)n(-c2ccccc2Cl)n1. The highest BCUT2D eigenvalue weighted by Gasteiger charge is 2.10. The summed E-state index contributed by atoms with van der Waals surface area (Å²) in [5, 5.41) is 4.89. The molecule has 0 atom stereocenters. The van der Waals surface area contributed by atoms with Crippen LogP contribution in [0.4, 0.5) is 0 Å². The molecule has 2 rings (SSSR count). The van der Waals surface area contributed by atoms with Crippen LogP contribution in [0.3, 0.4) is 0 Å². The van der Waals surface area contributed by atoms with Crippen LogP contribution in [0.1, 0.15) is 5.69 Å². The normalized spacial score (nSPS) is 10.4. The van der Waals surface area contributed by atoms with E-state index in [9.17, 15) is 0 Å². The lowest BCUT2D eigenvalue weighted by molar-refractivity contribution is 0.394. The number of ether oxygens (including phenoxy) is 1. The molecule has 0 saturated heterocycles. The molecular formula is C11H12ClN3O. The number of para-hydroxylation sites is 1. The van der Waals surface area contributed by atoms with Gasteiger partial charge in [-0.05, 0) is 12.1 Å². The first kappa shape index (κ1) is 11.0. The predicted octanol–water partition coefficient (Wildman–Crippen LogP) is 1.99. The van der Waals surface area contributed by atoms with E-state index in [-0.39, 0.29) is 0 Å². The molecule has 0 fully saturated rings. The molecule has 1 aromatic carbocycles. The van der Waals surface area contributed by atoms with Gasteiger partial charge in [-0.25, -0.2) is 4.68 Å². The summed E-state index contributed by atoms with van der Waals surface area (Å²) in [7, 11) is 1.57. The van der Waals surface area contributed by atoms with Gasteiger partial charge in [-0.3, -0.25) is 0 Å². The van der Waals surface area contributed by atoms with Gasteiger partial charge in [0, 0.05) is 12.6 Å². The van der Waals surface area contributed by atoms with Crippen LogP contribution in [0.15, 0.2) is 30.3 Å². The van der Waals surface area contributed by atoms with Crippen LogP contribution in [0.5, 0.6) is 5.88 Å². The Morgan fingerprint density at radius 2 is 2.19 bits per heavy atom. The fourth-order valence-electron chi connectivity index (χ4n) is 1.47. The second kappa shape index (κ2) is 4.55. The summed E-state index contributed by atoms with van der Waals surface area (Å²) in [6.07, 6.45) is 0. The Hall–Kier alpha value is -1.52. The van der Waals surface area contributed by atoms with Crippen molar-refractivity contribution in [3.05, 3.63) is 41.0 Å². The monoisotopic (exact) mass is 237 g/mol. The summed E-state index contributed by atoms with van der Waals surface area (Å²) in [6.45, 7) is 0.377. The Morgan fingerprint density at radius 3 is 2.81 bits per heavy atom. The molecule has 2 aromatic rings. The number of halogens is 1. The van der Waals surface area contributed by atoms with Gasteiger partial charge in [0.15, 0.2) is 0 Å². The molecule has 4 nitrogen and oxygen atoms in total. The first-order valence-electron chi connectivity index (χ1n) is 4.84. The standard InChI is InChI=1S/C11H12ClN3O/c1-16-11-6-8(7-13)15(14-11)10-5-3-2-4-9(10)12/h2-6H,7,13H2,1H3. The van der Waals surface area contributed by atoms with Crippen LogP contribution in [0.2, 0.25) is 5.02 Å². The molecule has 1 heterocycles. The van der Waals surface area contributed by atoms with Gasteiger partial charge in [-0.1, -0.05) is 23.7 Å². The van der Waals surface area contributed by atoms with Gasteiger partial charge in [-0.15, -0.1) is 5.10 Å². The maximum absolute atomic E-state index is 6.10. The number of hydrogen-bond donors (Lipinski definition) is 1. The third kappa shape index (κ3) is 1.89. The predicted molar refractivity (Wildman–Crippen MR) is 63.0 cm³/mol. The zero-order valence-corrected chi connectivity index (χ0v) is 9.61. The zero-order chi connectivity index (χ0) is 11.5. The molecule has 0 aliphatic rings. The minimum absolute atomic E-state index is 0.377. The number of methoxy groups -OCH3 is 1. The number of benzene rings is 1. The second-order valence-corrected chi connectivity index (χ2v) is 3.65. The molecule has 0 unspecified atom stereocenters. The van der Waals surface area contributed by atoms with Gasteiger partial charge in [0.2, 0.25) is 5.88 Å². The number of hydrogen-bond acceptors (Lipinski definition) is 3. The summed E-state index contributed by atoms with van der Waals surface area (Å²) < 4.78 is 6.76. The van der Waals surface area contributed by atoms with Crippen molar-refractivity contribution in [3.63, 3.8) is 0 Å². The minimum atomic E-state index is 0.377. The van der Waals surface area contributed by atoms with Gasteiger partial charge in [-0.2, -0.15) is 0 Å². The highest BCUT2D eigenvalue weighted by Crippen LogP contribution is 2.23. The molecular weight excluding hydrogens is 226 g/mol. The van der Waals surface area contributed by atoms with Crippen LogP contribution >= 0.6 is 11.6 Å². The Morgan fingerprint density at radius 1 is 1.44 bits per heavy atom. The van der Waals surface area contributed by atoms with Crippen molar-refractivity contribution < 1.29 is 4.74 Å². The van der Waals surface area contributed by atoms with Crippen molar-refractivity contribution in [2.45, 2.75) is 6.54 Å². The van der Waals surface area contributed by atoms with E-state index >= 15 is 0 Å². The maximum atomic E-state index is 6.10. The van der Waals surface area contributed by atoms with E-state index in [1.165, 1.54) is 0 Å². The number of rotatable bonds is 3. The van der Waals surface area contributed by atoms with Gasteiger partial charge in [0.05, 0.1) is 23.5 Å². The fraction of sp³-hybridized carbons (Fsp3) is 0.182. The van der Waals surface area contributed by atoms with Crippen molar-refractivity contribution in [2.75, 3.05) is 7.11 Å². The van der Waals surface area contributed by atoms with Gasteiger partial charge in [0.1, 0.15) is 0 Å². The third-order valence-electron chi connectivity index (χ3n) is 2.26. The van der Waals surface area contributed by atoms with Crippen LogP contribution < -0.4 is 10.5 Å². The molecule has 5 heteroatoms. The lowest BCUT2D eigenvalue weighted by Crippen LogP contribution is -2.07. The second-order valence-electron chi connectivity index (χ2n) is 3.25. The first-order chi connectivity index (χ1) is 7.76. The van der Waals surface area contributed by atoms with Crippen LogP contribution in [0.25, 0.3) is 5.69 Å².